The first-order valence-electron chi connectivity index (χ1n) is 7.20. The van der Waals surface area contributed by atoms with E-state index in [4.69, 9.17) is 0 Å². The van der Waals surface area contributed by atoms with Gasteiger partial charge in [0.1, 0.15) is 0 Å². The van der Waals surface area contributed by atoms with Gasteiger partial charge in [-0.3, -0.25) is 4.90 Å². The lowest BCUT2D eigenvalue weighted by atomic mass is 10.0. The van der Waals surface area contributed by atoms with E-state index in [1.807, 2.05) is 11.3 Å². The highest BCUT2D eigenvalue weighted by Crippen LogP contribution is 2.23. The fourth-order valence-electron chi connectivity index (χ4n) is 2.59. The van der Waals surface area contributed by atoms with Crippen LogP contribution in [0.2, 0.25) is 0 Å². The Balaban J connectivity index is 1.76. The van der Waals surface area contributed by atoms with Crippen LogP contribution in [0.5, 0.6) is 0 Å². The zero-order valence-corrected chi connectivity index (χ0v) is 12.8. The van der Waals surface area contributed by atoms with Crippen molar-refractivity contribution in [3.63, 3.8) is 0 Å². The second kappa shape index (κ2) is 6.69. The van der Waals surface area contributed by atoms with Gasteiger partial charge >= 0.3 is 0 Å². The average molecular weight is 266 g/mol. The molecule has 0 unspecified atom stereocenters. The first-order valence-corrected chi connectivity index (χ1v) is 8.02. The van der Waals surface area contributed by atoms with E-state index < -0.39 is 0 Å². The Morgan fingerprint density at radius 2 is 2.06 bits per heavy atom. The van der Waals surface area contributed by atoms with Crippen LogP contribution in [0.15, 0.2) is 6.07 Å². The molecule has 0 aliphatic carbocycles. The van der Waals surface area contributed by atoms with Crippen LogP contribution >= 0.6 is 11.3 Å². The number of nitrogens with zero attached hydrogens (tertiary/aromatic N) is 1. The summed E-state index contributed by atoms with van der Waals surface area (Å²) in [5, 5.41) is 3.64. The molecule has 0 amide bonds. The molecule has 2 heterocycles. The van der Waals surface area contributed by atoms with Crippen LogP contribution in [0.25, 0.3) is 0 Å². The molecule has 0 atom stereocenters. The Morgan fingerprint density at radius 3 is 2.61 bits per heavy atom. The normalized spacial score (nSPS) is 18.4. The van der Waals surface area contributed by atoms with Gasteiger partial charge in [0.15, 0.2) is 0 Å². The van der Waals surface area contributed by atoms with Gasteiger partial charge in [-0.25, -0.2) is 0 Å². The van der Waals surface area contributed by atoms with E-state index in [2.05, 4.69) is 37.1 Å². The van der Waals surface area contributed by atoms with E-state index in [0.29, 0.717) is 0 Å². The third-order valence-electron chi connectivity index (χ3n) is 3.87. The molecular formula is C15H26N2S. The van der Waals surface area contributed by atoms with E-state index in [1.54, 1.807) is 0 Å². The quantitative estimate of drug-likeness (QED) is 0.879. The first kappa shape index (κ1) is 14.0. The molecule has 1 saturated heterocycles. The summed E-state index contributed by atoms with van der Waals surface area (Å²) in [6.07, 6.45) is 3.86. The highest BCUT2D eigenvalue weighted by Gasteiger charge is 2.18. The maximum Gasteiger partial charge on any atom is 0.0328 e. The van der Waals surface area contributed by atoms with Crippen molar-refractivity contribution in [3.05, 3.63) is 21.4 Å². The molecule has 0 spiro atoms. The van der Waals surface area contributed by atoms with E-state index >= 15 is 0 Å². The van der Waals surface area contributed by atoms with Gasteiger partial charge in [-0.15, -0.1) is 11.3 Å². The van der Waals surface area contributed by atoms with Crippen LogP contribution in [-0.4, -0.2) is 30.6 Å². The summed E-state index contributed by atoms with van der Waals surface area (Å²) in [4.78, 5) is 5.61. The Bertz CT molecular complexity index is 345. The third-order valence-corrected chi connectivity index (χ3v) is 5.00. The molecule has 2 rings (SSSR count). The number of nitrogens with one attached hydrogen (secondary N) is 1. The molecule has 1 N–H and O–H groups in total. The summed E-state index contributed by atoms with van der Waals surface area (Å²) in [7, 11) is 0. The maximum atomic E-state index is 3.64. The highest BCUT2D eigenvalue weighted by atomic mass is 32.1. The van der Waals surface area contributed by atoms with Gasteiger partial charge in [0, 0.05) is 22.3 Å². The van der Waals surface area contributed by atoms with Crippen LogP contribution in [0.4, 0.5) is 0 Å². The highest BCUT2D eigenvalue weighted by molar-refractivity contribution is 7.12. The molecule has 0 radical (unpaired) electrons. The standard InChI is InChI=1S/C15H26N2S/c1-4-7-16-14-5-8-17(9-6-14)11-15-10-12(2)13(3)18-15/h10,14,16H,4-9,11H2,1-3H3. The monoisotopic (exact) mass is 266 g/mol. The summed E-state index contributed by atoms with van der Waals surface area (Å²) in [5.74, 6) is 0. The topological polar surface area (TPSA) is 15.3 Å². The first-order chi connectivity index (χ1) is 8.69. The zero-order valence-electron chi connectivity index (χ0n) is 12.0. The van der Waals surface area contributed by atoms with E-state index in [-0.39, 0.29) is 0 Å². The molecule has 1 aliphatic heterocycles. The lowest BCUT2D eigenvalue weighted by molar-refractivity contribution is 0.192. The van der Waals surface area contributed by atoms with Crippen molar-refractivity contribution in [1.82, 2.24) is 10.2 Å². The van der Waals surface area contributed by atoms with Crippen molar-refractivity contribution < 1.29 is 0 Å². The number of hydrogen-bond acceptors (Lipinski definition) is 3. The smallest absolute Gasteiger partial charge is 0.0328 e. The lowest BCUT2D eigenvalue weighted by Crippen LogP contribution is -2.42. The number of hydrogen-bond donors (Lipinski definition) is 1. The molecule has 1 aromatic heterocycles. The van der Waals surface area contributed by atoms with Crippen molar-refractivity contribution in [1.29, 1.82) is 0 Å². The fraction of sp³-hybridized carbons (Fsp3) is 0.733. The summed E-state index contributed by atoms with van der Waals surface area (Å²) >= 11 is 1.97. The molecule has 3 heteroatoms. The molecule has 102 valence electrons. The molecule has 1 fully saturated rings. The second-order valence-electron chi connectivity index (χ2n) is 5.46. The van der Waals surface area contributed by atoms with Crippen molar-refractivity contribution in [2.24, 2.45) is 0 Å². The average Bonchev–Trinajstić information content (AvgIpc) is 2.67. The van der Waals surface area contributed by atoms with Crippen molar-refractivity contribution >= 4 is 11.3 Å². The van der Waals surface area contributed by atoms with Gasteiger partial charge in [0.2, 0.25) is 0 Å². The van der Waals surface area contributed by atoms with Gasteiger partial charge in [-0.05, 0) is 64.4 Å². The van der Waals surface area contributed by atoms with Gasteiger partial charge in [0.25, 0.3) is 0 Å². The molecule has 18 heavy (non-hydrogen) atoms. The molecule has 1 aliphatic rings. The Labute approximate surface area is 115 Å². The lowest BCUT2D eigenvalue weighted by Gasteiger charge is -2.32. The molecule has 0 aromatic carbocycles. The van der Waals surface area contributed by atoms with Gasteiger partial charge in [-0.1, -0.05) is 6.92 Å². The molecular weight excluding hydrogens is 240 g/mol. The Morgan fingerprint density at radius 1 is 1.33 bits per heavy atom. The minimum absolute atomic E-state index is 0.757. The number of piperidine rings is 1. The van der Waals surface area contributed by atoms with Gasteiger partial charge in [-0.2, -0.15) is 0 Å². The number of likely N-dealkylation sites (tertiary alicyclic amines) is 1. The predicted octanol–water partition coefficient (Wildman–Crippen LogP) is 3.33. The fourth-order valence-corrected chi connectivity index (χ4v) is 3.69. The second-order valence-corrected chi connectivity index (χ2v) is 6.80. The Hall–Kier alpha value is -0.380. The molecule has 1 aromatic rings. The van der Waals surface area contributed by atoms with Crippen LogP contribution in [-0.2, 0) is 6.54 Å². The molecule has 0 bridgehead atoms. The van der Waals surface area contributed by atoms with Gasteiger partial charge in [0.05, 0.1) is 0 Å². The van der Waals surface area contributed by atoms with Crippen LogP contribution in [0.1, 0.15) is 41.5 Å². The number of thiophene rings is 1. The van der Waals surface area contributed by atoms with Crippen LogP contribution in [0, 0.1) is 13.8 Å². The summed E-state index contributed by atoms with van der Waals surface area (Å²) < 4.78 is 0. The van der Waals surface area contributed by atoms with Gasteiger partial charge < -0.3 is 5.32 Å². The molecule has 2 nitrogen and oxygen atoms in total. The van der Waals surface area contributed by atoms with Crippen LogP contribution in [0.3, 0.4) is 0 Å². The van der Waals surface area contributed by atoms with E-state index in [9.17, 15) is 0 Å². The Kier molecular flexibility index (Phi) is 5.22. The minimum atomic E-state index is 0.757. The minimum Gasteiger partial charge on any atom is -0.314 e. The van der Waals surface area contributed by atoms with Crippen molar-refractivity contribution in [2.75, 3.05) is 19.6 Å². The molecule has 0 saturated carbocycles. The predicted molar refractivity (Wildman–Crippen MR) is 80.4 cm³/mol. The largest absolute Gasteiger partial charge is 0.314 e. The number of aryl methyl sites for hydroxylation is 2. The zero-order chi connectivity index (χ0) is 13.0. The van der Waals surface area contributed by atoms with Crippen molar-refractivity contribution in [3.8, 4) is 0 Å². The summed E-state index contributed by atoms with van der Waals surface area (Å²) in [6, 6.07) is 3.12. The van der Waals surface area contributed by atoms with Crippen LogP contribution < -0.4 is 5.32 Å². The summed E-state index contributed by atoms with van der Waals surface area (Å²) in [5.41, 5.74) is 1.45. The van der Waals surface area contributed by atoms with Crippen molar-refractivity contribution in [2.45, 2.75) is 52.6 Å². The maximum absolute atomic E-state index is 3.64. The van der Waals surface area contributed by atoms with E-state index in [1.165, 1.54) is 54.2 Å². The summed E-state index contributed by atoms with van der Waals surface area (Å²) in [6.45, 7) is 11.5. The van der Waals surface area contributed by atoms with E-state index in [0.717, 1.165) is 12.6 Å². The SMILES string of the molecule is CCCNC1CCN(Cc2cc(C)c(C)s2)CC1. The third kappa shape index (κ3) is 3.81. The number of rotatable bonds is 5.